The van der Waals surface area contributed by atoms with E-state index in [2.05, 4.69) is 220 Å². The van der Waals surface area contributed by atoms with E-state index in [0.717, 1.165) is 135 Å². The van der Waals surface area contributed by atoms with Crippen molar-refractivity contribution in [2.45, 2.75) is 154 Å². The molecule has 9 aliphatic rings. The molecule has 30 heteroatoms. The molecule has 696 valence electrons. The standard InChI is InChI=1S/C35H43N7O3.2C34H41N7O3/c1-25-8-4-9-26-10-5-12-31(33(25)26)40-18-15-29-30(23-40)37-35(45-24-28-11-6-17-39(28)2)38-34(29)41-19-20-42(27(22-41)14-16-36)32(43)13-7-21-44-3;1-23-8-5-9-25-10-6-12-30(31(23)25)39-17-14-28-29(21-39)36-34(44-22-27-11-7-16-38(27)3)37-32(28)40-18-19-41(26(20-40)13-15-35)33(42)24(2)43-4;1-24-7-3-8-25-9-4-11-30(32(24)25)39-17-14-28-29(22-39)36-34(44-23-27-10-5-16-38(27)2)37-33(28)40-18-19-41(26(21-40)13-15-35)31(43)12-6-20-42/h4-5,7-10,12-13,27-28H,6,11,14-15,17-24H2,1-3H3;5-6,8-10,12,26-27H,2,7,11,13-14,16-22H2,1,3-4H3;3-4,6-9,11-12,26-27,42H,5,10,13-14,16-23H2,1-2H3/b13-7+;;12-6+/t27-,28-;2*26-,27-/m000/s1. The van der Waals surface area contributed by atoms with Crippen molar-refractivity contribution in [1.29, 1.82) is 15.8 Å². The molecule has 0 bridgehead atoms. The fourth-order valence-electron chi connectivity index (χ4n) is 20.8. The van der Waals surface area contributed by atoms with Crippen LogP contribution in [0.1, 0.15) is 108 Å². The number of likely N-dealkylation sites (tertiary alicyclic amines) is 3. The second kappa shape index (κ2) is 43.3. The normalized spacial score (nSPS) is 20.5. The van der Waals surface area contributed by atoms with Gasteiger partial charge in [-0.2, -0.15) is 45.7 Å². The summed E-state index contributed by atoms with van der Waals surface area (Å²) in [6, 6.07) is 47.0. The fourth-order valence-corrected chi connectivity index (χ4v) is 20.8. The topological polar surface area (TPSA) is 305 Å². The van der Waals surface area contributed by atoms with E-state index in [9.17, 15) is 30.2 Å². The van der Waals surface area contributed by atoms with Crippen molar-refractivity contribution in [3.05, 3.63) is 196 Å². The number of hydrogen-bond acceptors (Lipinski definition) is 27. The van der Waals surface area contributed by atoms with E-state index in [1.54, 1.807) is 34.0 Å². The summed E-state index contributed by atoms with van der Waals surface area (Å²) >= 11 is 0. The van der Waals surface area contributed by atoms with Crippen LogP contribution in [0.5, 0.6) is 18.0 Å². The predicted molar refractivity (Wildman–Crippen MR) is 517 cm³/mol. The fraction of sp³-hybridized carbons (Fsp3) is 0.476. The number of fused-ring (bicyclic) bond motifs is 6. The first kappa shape index (κ1) is 93.5. The maximum absolute atomic E-state index is 13.0. The largest absolute Gasteiger partial charge is 0.492 e. The highest BCUT2D eigenvalue weighted by molar-refractivity contribution is 5.99. The molecule has 6 saturated heterocycles. The number of piperazine rings is 3. The molecular formula is C103H125N21O9. The van der Waals surface area contributed by atoms with Gasteiger partial charge >= 0.3 is 18.0 Å². The van der Waals surface area contributed by atoms with Crippen LogP contribution in [0.4, 0.5) is 34.5 Å². The summed E-state index contributed by atoms with van der Waals surface area (Å²) in [5, 5.41) is 45.5. The van der Waals surface area contributed by atoms with Gasteiger partial charge in [0.25, 0.3) is 5.91 Å². The van der Waals surface area contributed by atoms with Gasteiger partial charge in [-0.15, -0.1) is 0 Å². The van der Waals surface area contributed by atoms with Crippen molar-refractivity contribution in [1.82, 2.24) is 59.3 Å². The Labute approximate surface area is 780 Å². The first-order valence-electron chi connectivity index (χ1n) is 47.1. The van der Waals surface area contributed by atoms with Gasteiger partial charge in [-0.1, -0.05) is 110 Å². The molecule has 12 heterocycles. The minimum atomic E-state index is -0.311. The number of benzene rings is 6. The van der Waals surface area contributed by atoms with Crippen molar-refractivity contribution in [3.63, 3.8) is 0 Å². The average Bonchev–Trinajstić information content (AvgIpc) is 1.44. The van der Waals surface area contributed by atoms with Crippen molar-refractivity contribution < 1.29 is 43.2 Å². The maximum Gasteiger partial charge on any atom is 0.318 e. The summed E-state index contributed by atoms with van der Waals surface area (Å²) in [5.41, 5.74) is 13.6. The molecule has 3 aromatic heterocycles. The zero-order valence-electron chi connectivity index (χ0n) is 78.2. The molecule has 0 unspecified atom stereocenters. The molecule has 1 N–H and O–H groups in total. The van der Waals surface area contributed by atoms with Crippen LogP contribution in [0.3, 0.4) is 0 Å². The summed E-state index contributed by atoms with van der Waals surface area (Å²) in [5.74, 6) is 2.09. The van der Waals surface area contributed by atoms with Crippen LogP contribution in [0.2, 0.25) is 0 Å². The van der Waals surface area contributed by atoms with Gasteiger partial charge in [0.1, 0.15) is 37.3 Å². The lowest BCUT2D eigenvalue weighted by atomic mass is 9.99. The zero-order chi connectivity index (χ0) is 92.8. The van der Waals surface area contributed by atoms with E-state index in [-0.39, 0.29) is 67.5 Å². The molecule has 18 rings (SSSR count). The number of carbonyl (C=O) groups is 3. The molecule has 30 nitrogen and oxygen atoms in total. The maximum atomic E-state index is 13.0. The van der Waals surface area contributed by atoms with E-state index in [1.165, 1.54) is 98.2 Å². The van der Waals surface area contributed by atoms with E-state index >= 15 is 0 Å². The smallest absolute Gasteiger partial charge is 0.318 e. The van der Waals surface area contributed by atoms with Gasteiger partial charge in [0.2, 0.25) is 11.8 Å². The highest BCUT2D eigenvalue weighted by Crippen LogP contribution is 2.42. The highest BCUT2D eigenvalue weighted by Gasteiger charge is 2.40. The average molecular weight is 1800 g/mol. The molecule has 6 fully saturated rings. The number of hydrogen-bond donors (Lipinski definition) is 1. The predicted octanol–water partition coefficient (Wildman–Crippen LogP) is 11.6. The number of likely N-dealkylation sites (N-methyl/N-ethyl adjacent to an activating group) is 3. The van der Waals surface area contributed by atoms with E-state index in [4.69, 9.17) is 58.7 Å². The zero-order valence-corrected chi connectivity index (χ0v) is 78.2. The molecule has 9 aromatic rings. The molecule has 3 amide bonds. The van der Waals surface area contributed by atoms with Crippen molar-refractivity contribution >= 4 is 84.6 Å². The summed E-state index contributed by atoms with van der Waals surface area (Å²) in [6.45, 7) is 24.4. The molecule has 133 heavy (non-hydrogen) atoms. The highest BCUT2D eigenvalue weighted by atomic mass is 16.5. The van der Waals surface area contributed by atoms with Crippen LogP contribution < -0.4 is 43.6 Å². The Morgan fingerprint density at radius 1 is 0.429 bits per heavy atom. The van der Waals surface area contributed by atoms with E-state index in [0.29, 0.717) is 141 Å². The van der Waals surface area contributed by atoms with Crippen molar-refractivity contribution in [2.24, 2.45) is 0 Å². The van der Waals surface area contributed by atoms with Crippen LogP contribution in [0.25, 0.3) is 32.3 Å². The van der Waals surface area contributed by atoms with E-state index < -0.39 is 0 Å². The number of aryl methyl sites for hydroxylation is 3. The first-order chi connectivity index (χ1) is 64.8. The Balaban J connectivity index is 0.000000145. The number of rotatable bonds is 25. The number of aliphatic hydroxyl groups is 1. The molecule has 6 atom stereocenters. The third kappa shape index (κ3) is 21.2. The van der Waals surface area contributed by atoms with Gasteiger partial charge in [-0.05, 0) is 170 Å². The minimum Gasteiger partial charge on any atom is -0.492 e. The minimum absolute atomic E-state index is 0.0807. The van der Waals surface area contributed by atoms with Gasteiger partial charge in [0, 0.05) is 166 Å². The monoisotopic (exact) mass is 1800 g/mol. The lowest BCUT2D eigenvalue weighted by molar-refractivity contribution is -0.133. The summed E-state index contributed by atoms with van der Waals surface area (Å²) in [6.07, 6.45) is 15.9. The number of amides is 3. The quantitative estimate of drug-likeness (QED) is 0.0410. The van der Waals surface area contributed by atoms with Crippen LogP contribution in [0, 0.1) is 54.8 Å². The second-order valence-electron chi connectivity index (χ2n) is 36.4. The number of aliphatic hydroxyl groups excluding tert-OH is 1. The molecule has 6 aromatic carbocycles. The van der Waals surface area contributed by atoms with Crippen molar-refractivity contribution in [3.8, 4) is 36.2 Å². The SMILES string of the molecule is C=C(OC)C(=O)N1CCN(c2nc(OC[C@@H]3CCCN3C)nc3c2CCN(c2cccc4cccc(C)c24)C3)C[C@@H]1CC#N.COC/C=C/C(=O)N1CCN(c2nc(OC[C@@H]3CCCN3C)nc3c2CCN(c2cccc4cccc(C)c24)C3)C[C@@H]1CC#N.Cc1cccc2cccc(N3CCc4c(nc(OC[C@@H]5CCCN5C)nc4N4CCN(C(=O)/C=C/CO)[C@@H](CC#N)C4)C3)c12. The van der Waals surface area contributed by atoms with Crippen LogP contribution in [-0.2, 0) is 62.8 Å². The number of methoxy groups -OCH3 is 2. The first-order valence-corrected chi connectivity index (χ1v) is 47.1. The van der Waals surface area contributed by atoms with Gasteiger partial charge in [0.05, 0.1) is 113 Å². The summed E-state index contributed by atoms with van der Waals surface area (Å²) in [7, 11) is 9.46. The molecular weight excluding hydrogens is 1680 g/mol. The lowest BCUT2D eigenvalue weighted by Gasteiger charge is -2.42. The van der Waals surface area contributed by atoms with E-state index in [1.807, 2.05) is 0 Å². The van der Waals surface area contributed by atoms with Gasteiger partial charge in [-0.25, -0.2) is 0 Å². The number of ether oxygens (including phenoxy) is 5. The third-order valence-corrected chi connectivity index (χ3v) is 28.1. The molecule has 0 aliphatic carbocycles. The lowest BCUT2D eigenvalue weighted by Crippen LogP contribution is -2.56. The number of anilines is 6. The van der Waals surface area contributed by atoms with Crippen molar-refractivity contribution in [2.75, 3.05) is 196 Å². The van der Waals surface area contributed by atoms with Gasteiger partial charge in [0.15, 0.2) is 5.76 Å². The van der Waals surface area contributed by atoms with Crippen LogP contribution in [-0.4, -0.2) is 285 Å². The number of carbonyl (C=O) groups excluding carboxylic acids is 3. The molecule has 9 aliphatic heterocycles. The summed E-state index contributed by atoms with van der Waals surface area (Å²) in [4.78, 5) is 95.0. The van der Waals surface area contributed by atoms with Crippen LogP contribution in [0.15, 0.2) is 146 Å². The molecule has 0 spiro atoms. The Hall–Kier alpha value is -12.8. The number of aromatic nitrogens is 6. The van der Waals surface area contributed by atoms with Gasteiger partial charge < -0.3 is 87.6 Å². The molecule has 0 saturated carbocycles. The Bertz CT molecular complexity index is 5900. The van der Waals surface area contributed by atoms with Gasteiger partial charge in [-0.3, -0.25) is 14.4 Å². The summed E-state index contributed by atoms with van der Waals surface area (Å²) < 4.78 is 29.1. The number of nitriles is 3. The second-order valence-corrected chi connectivity index (χ2v) is 36.4. The Kier molecular flexibility index (Phi) is 30.4. The Morgan fingerprint density at radius 2 is 0.759 bits per heavy atom. The molecule has 0 radical (unpaired) electrons. The van der Waals surface area contributed by atoms with Crippen LogP contribution >= 0.6 is 0 Å². The Morgan fingerprint density at radius 3 is 1.08 bits per heavy atom. The third-order valence-electron chi connectivity index (χ3n) is 28.1. The number of nitrogens with zero attached hydrogens (tertiary/aromatic N) is 21.